The Hall–Kier alpha value is -3.14. The van der Waals surface area contributed by atoms with Gasteiger partial charge in [-0.3, -0.25) is 4.90 Å². The van der Waals surface area contributed by atoms with Crippen LogP contribution in [0.2, 0.25) is 0 Å². The molecule has 0 bridgehead atoms. The van der Waals surface area contributed by atoms with E-state index in [9.17, 15) is 9.59 Å². The lowest BCUT2D eigenvalue weighted by Gasteiger charge is -2.35. The molecule has 0 atom stereocenters. The third-order valence-electron chi connectivity index (χ3n) is 5.21. The molecule has 2 N–H and O–H groups in total. The topological polar surface area (TPSA) is 113 Å². The van der Waals surface area contributed by atoms with Crippen molar-refractivity contribution in [2.45, 2.75) is 52.6 Å². The van der Waals surface area contributed by atoms with Crippen LogP contribution in [0.4, 0.5) is 15.3 Å². The minimum absolute atomic E-state index is 0.212. The van der Waals surface area contributed by atoms with Crippen LogP contribution in [0, 0.1) is 0 Å². The van der Waals surface area contributed by atoms with Gasteiger partial charge in [-0.25, -0.2) is 9.59 Å². The van der Waals surface area contributed by atoms with Gasteiger partial charge in [-0.2, -0.15) is 4.98 Å². The number of amides is 3. The van der Waals surface area contributed by atoms with E-state index in [0.717, 1.165) is 18.7 Å². The molecule has 1 fully saturated rings. The summed E-state index contributed by atoms with van der Waals surface area (Å²) in [6.07, 6.45) is -0.273. The van der Waals surface area contributed by atoms with E-state index in [1.807, 2.05) is 53.7 Å². The Morgan fingerprint density at radius 2 is 1.68 bits per heavy atom. The van der Waals surface area contributed by atoms with E-state index in [4.69, 9.17) is 9.26 Å². The van der Waals surface area contributed by atoms with Crippen LogP contribution in [-0.2, 0) is 10.2 Å². The lowest BCUT2D eigenvalue weighted by molar-refractivity contribution is 0.0147. The summed E-state index contributed by atoms with van der Waals surface area (Å²) in [6, 6.07) is 7.03. The quantitative estimate of drug-likeness (QED) is 0.682. The van der Waals surface area contributed by atoms with Gasteiger partial charge in [-0.1, -0.05) is 25.9 Å². The Morgan fingerprint density at radius 3 is 2.24 bits per heavy atom. The van der Waals surface area contributed by atoms with Crippen LogP contribution in [0.25, 0.3) is 11.4 Å². The van der Waals surface area contributed by atoms with E-state index in [0.29, 0.717) is 43.6 Å². The molecule has 10 heteroatoms. The third-order valence-corrected chi connectivity index (χ3v) is 5.21. The van der Waals surface area contributed by atoms with Gasteiger partial charge in [0.15, 0.2) is 0 Å². The zero-order valence-electron chi connectivity index (χ0n) is 21.0. The first-order valence-corrected chi connectivity index (χ1v) is 11.6. The Bertz CT molecular complexity index is 967. The van der Waals surface area contributed by atoms with Gasteiger partial charge >= 0.3 is 12.1 Å². The Labute approximate surface area is 201 Å². The molecule has 0 saturated carbocycles. The molecule has 2 heterocycles. The lowest BCUT2D eigenvalue weighted by atomic mass is 9.97. The molecule has 2 aromatic rings. The van der Waals surface area contributed by atoms with Crippen LogP contribution in [0.5, 0.6) is 0 Å². The van der Waals surface area contributed by atoms with Gasteiger partial charge in [0.2, 0.25) is 11.7 Å². The van der Waals surface area contributed by atoms with Crippen molar-refractivity contribution >= 4 is 17.8 Å². The maximum absolute atomic E-state index is 12.2. The molecule has 0 radical (unpaired) electrons. The molecule has 3 rings (SSSR count). The molecule has 1 aliphatic heterocycles. The van der Waals surface area contributed by atoms with Gasteiger partial charge in [-0.15, -0.1) is 0 Å². The number of ether oxygens (including phenoxy) is 1. The normalized spacial score (nSPS) is 15.2. The Kier molecular flexibility index (Phi) is 7.81. The van der Waals surface area contributed by atoms with Crippen LogP contribution >= 0.6 is 0 Å². The highest BCUT2D eigenvalue weighted by Gasteiger charge is 2.26. The number of nitrogens with zero attached hydrogens (tertiary/aromatic N) is 4. The number of benzene rings is 1. The summed E-state index contributed by atoms with van der Waals surface area (Å²) in [7, 11) is 0. The van der Waals surface area contributed by atoms with Gasteiger partial charge in [0, 0.05) is 55.9 Å². The van der Waals surface area contributed by atoms with Crippen LogP contribution < -0.4 is 10.6 Å². The number of nitrogens with one attached hydrogen (secondary N) is 2. The summed E-state index contributed by atoms with van der Waals surface area (Å²) in [5.41, 5.74) is 0.785. The van der Waals surface area contributed by atoms with Crippen LogP contribution in [0.15, 0.2) is 28.8 Å². The van der Waals surface area contributed by atoms with E-state index in [2.05, 4.69) is 25.7 Å². The third kappa shape index (κ3) is 7.44. The van der Waals surface area contributed by atoms with E-state index in [-0.39, 0.29) is 17.5 Å². The van der Waals surface area contributed by atoms with Crippen molar-refractivity contribution in [2.75, 3.05) is 44.6 Å². The molecular formula is C24H36N6O4. The first-order valence-electron chi connectivity index (χ1n) is 11.6. The van der Waals surface area contributed by atoms with Crippen molar-refractivity contribution in [3.63, 3.8) is 0 Å². The second kappa shape index (κ2) is 10.4. The molecule has 0 spiro atoms. The van der Waals surface area contributed by atoms with Crippen LogP contribution in [0.3, 0.4) is 0 Å². The Balaban J connectivity index is 1.38. The van der Waals surface area contributed by atoms with Crippen molar-refractivity contribution in [1.82, 2.24) is 25.3 Å². The highest BCUT2D eigenvalue weighted by Crippen LogP contribution is 2.24. The average molecular weight is 473 g/mol. The number of hydrogen-bond acceptors (Lipinski definition) is 7. The fourth-order valence-corrected chi connectivity index (χ4v) is 3.33. The maximum Gasteiger partial charge on any atom is 0.410 e. The zero-order chi connectivity index (χ0) is 24.9. The zero-order valence-corrected chi connectivity index (χ0v) is 21.0. The number of hydrogen-bond donors (Lipinski definition) is 2. The first-order chi connectivity index (χ1) is 15.9. The van der Waals surface area contributed by atoms with Crippen molar-refractivity contribution in [2.24, 2.45) is 0 Å². The molecule has 1 aromatic carbocycles. The molecule has 10 nitrogen and oxygen atoms in total. The number of carbonyl (C=O) groups is 2. The second-order valence-corrected chi connectivity index (χ2v) is 10.4. The van der Waals surface area contributed by atoms with E-state index in [1.54, 1.807) is 17.0 Å². The highest BCUT2D eigenvalue weighted by atomic mass is 16.6. The van der Waals surface area contributed by atoms with E-state index >= 15 is 0 Å². The van der Waals surface area contributed by atoms with Gasteiger partial charge in [-0.05, 0) is 45.0 Å². The summed E-state index contributed by atoms with van der Waals surface area (Å²) < 4.78 is 10.8. The van der Waals surface area contributed by atoms with Crippen molar-refractivity contribution in [1.29, 1.82) is 0 Å². The fraction of sp³-hybridized carbons (Fsp3) is 0.583. The second-order valence-electron chi connectivity index (χ2n) is 10.4. The molecular weight excluding hydrogens is 436 g/mol. The molecule has 3 amide bonds. The monoisotopic (exact) mass is 472 g/mol. The smallest absolute Gasteiger partial charge is 0.410 e. The van der Waals surface area contributed by atoms with E-state index in [1.165, 1.54) is 0 Å². The summed E-state index contributed by atoms with van der Waals surface area (Å²) in [5.74, 6) is 1.10. The number of anilines is 1. The van der Waals surface area contributed by atoms with Gasteiger partial charge in [0.05, 0.1) is 0 Å². The lowest BCUT2D eigenvalue weighted by Crippen LogP contribution is -2.51. The minimum Gasteiger partial charge on any atom is -0.444 e. The SMILES string of the molecule is CC(C)(C)OC(=O)N1CCN(CCNC(=O)Nc2ccc(-c3noc(C(C)(C)C)n3)cc2)CC1. The summed E-state index contributed by atoms with van der Waals surface area (Å²) in [4.78, 5) is 32.8. The summed E-state index contributed by atoms with van der Waals surface area (Å²) in [5, 5.41) is 9.74. The predicted octanol–water partition coefficient (Wildman–Crippen LogP) is 3.71. The first kappa shape index (κ1) is 25.5. The van der Waals surface area contributed by atoms with Gasteiger partial charge < -0.3 is 24.8 Å². The van der Waals surface area contributed by atoms with E-state index < -0.39 is 5.60 Å². The molecule has 1 saturated heterocycles. The molecule has 1 aromatic heterocycles. The molecule has 0 unspecified atom stereocenters. The minimum atomic E-state index is -0.491. The number of piperazine rings is 1. The average Bonchev–Trinajstić information content (AvgIpc) is 3.24. The van der Waals surface area contributed by atoms with Crippen LogP contribution in [-0.4, -0.2) is 76.9 Å². The largest absolute Gasteiger partial charge is 0.444 e. The van der Waals surface area contributed by atoms with Crippen molar-refractivity contribution in [3.05, 3.63) is 30.2 Å². The molecule has 0 aliphatic carbocycles. The maximum atomic E-state index is 12.2. The number of rotatable bonds is 5. The van der Waals surface area contributed by atoms with Crippen molar-refractivity contribution < 1.29 is 18.8 Å². The van der Waals surface area contributed by atoms with Gasteiger partial charge in [0.25, 0.3) is 0 Å². The Morgan fingerprint density at radius 1 is 1.03 bits per heavy atom. The summed E-state index contributed by atoms with van der Waals surface area (Å²) in [6.45, 7) is 15.6. The fourth-order valence-electron chi connectivity index (χ4n) is 3.33. The number of aromatic nitrogens is 2. The standard InChI is InChI=1S/C24H36N6O4/c1-23(2,3)20-27-19(28-34-20)17-7-9-18(10-8-17)26-21(31)25-11-12-29-13-15-30(16-14-29)22(32)33-24(4,5)6/h7-10H,11-16H2,1-6H3,(H2,25,26,31). The van der Waals surface area contributed by atoms with Crippen LogP contribution in [0.1, 0.15) is 47.4 Å². The highest BCUT2D eigenvalue weighted by molar-refractivity contribution is 5.89. The van der Waals surface area contributed by atoms with Gasteiger partial charge in [0.1, 0.15) is 5.60 Å². The molecule has 1 aliphatic rings. The number of urea groups is 1. The predicted molar refractivity (Wildman–Crippen MR) is 130 cm³/mol. The number of carbonyl (C=O) groups excluding carboxylic acids is 2. The summed E-state index contributed by atoms with van der Waals surface area (Å²) >= 11 is 0. The molecule has 34 heavy (non-hydrogen) atoms. The van der Waals surface area contributed by atoms with Crippen molar-refractivity contribution in [3.8, 4) is 11.4 Å². The molecule has 186 valence electrons.